The van der Waals surface area contributed by atoms with Crippen LogP contribution in [0.2, 0.25) is 0 Å². The Kier molecular flexibility index (Phi) is 8.08. The molecule has 4 heterocycles. The first-order valence-electron chi connectivity index (χ1n) is 13.1. The number of anilines is 1. The van der Waals surface area contributed by atoms with Gasteiger partial charge in [0.1, 0.15) is 11.6 Å². The summed E-state index contributed by atoms with van der Waals surface area (Å²) in [7, 11) is 3.48. The lowest BCUT2D eigenvalue weighted by atomic mass is 9.93. The molecule has 36 heavy (non-hydrogen) atoms. The molecule has 0 spiro atoms. The maximum atomic E-state index is 5.68. The van der Waals surface area contributed by atoms with Gasteiger partial charge in [-0.15, -0.1) is 0 Å². The van der Waals surface area contributed by atoms with Gasteiger partial charge in [0.25, 0.3) is 0 Å². The molecule has 2 fully saturated rings. The summed E-state index contributed by atoms with van der Waals surface area (Å²) < 4.78 is 11.0. The molecular formula is C29H37N5O2. The molecule has 0 N–H and O–H groups in total. The molecule has 190 valence electrons. The van der Waals surface area contributed by atoms with E-state index in [9.17, 15) is 0 Å². The van der Waals surface area contributed by atoms with Crippen LogP contribution in [0, 0.1) is 0 Å². The molecule has 0 bridgehead atoms. The molecule has 0 radical (unpaired) electrons. The van der Waals surface area contributed by atoms with E-state index < -0.39 is 0 Å². The van der Waals surface area contributed by atoms with E-state index in [0.29, 0.717) is 12.5 Å². The summed E-state index contributed by atoms with van der Waals surface area (Å²) in [5.41, 5.74) is 4.50. The first kappa shape index (κ1) is 24.7. The molecule has 1 atom stereocenters. The van der Waals surface area contributed by atoms with Crippen molar-refractivity contribution < 1.29 is 9.47 Å². The Bertz CT molecular complexity index is 1130. The van der Waals surface area contributed by atoms with Gasteiger partial charge in [0.2, 0.25) is 0 Å². The van der Waals surface area contributed by atoms with Crippen LogP contribution in [0.25, 0.3) is 11.4 Å². The molecule has 0 aliphatic carbocycles. The van der Waals surface area contributed by atoms with Gasteiger partial charge < -0.3 is 14.4 Å². The van der Waals surface area contributed by atoms with Gasteiger partial charge in [0.15, 0.2) is 5.82 Å². The first-order chi connectivity index (χ1) is 17.7. The summed E-state index contributed by atoms with van der Waals surface area (Å²) in [5, 5.41) is 0. The van der Waals surface area contributed by atoms with E-state index in [0.717, 1.165) is 74.2 Å². The predicted molar refractivity (Wildman–Crippen MR) is 142 cm³/mol. The van der Waals surface area contributed by atoms with Crippen molar-refractivity contribution in [2.24, 2.45) is 0 Å². The van der Waals surface area contributed by atoms with Gasteiger partial charge >= 0.3 is 0 Å². The Hall–Kier alpha value is -3.03. The number of methoxy groups -OCH3 is 2. The average molecular weight is 488 g/mol. The zero-order chi connectivity index (χ0) is 24.7. The van der Waals surface area contributed by atoms with E-state index >= 15 is 0 Å². The van der Waals surface area contributed by atoms with Crippen molar-refractivity contribution in [1.82, 2.24) is 19.9 Å². The Morgan fingerprint density at radius 2 is 1.86 bits per heavy atom. The summed E-state index contributed by atoms with van der Waals surface area (Å²) in [6.45, 7) is 5.65. The third-order valence-corrected chi connectivity index (χ3v) is 7.31. The number of pyridine rings is 1. The second-order valence-corrected chi connectivity index (χ2v) is 9.92. The van der Waals surface area contributed by atoms with Crippen molar-refractivity contribution in [1.29, 1.82) is 0 Å². The number of ether oxygens (including phenoxy) is 2. The van der Waals surface area contributed by atoms with Crippen molar-refractivity contribution in [2.45, 2.75) is 51.2 Å². The molecule has 0 amide bonds. The quantitative estimate of drug-likeness (QED) is 0.440. The minimum atomic E-state index is 0.369. The van der Waals surface area contributed by atoms with Gasteiger partial charge in [-0.05, 0) is 68.5 Å². The summed E-state index contributed by atoms with van der Waals surface area (Å²) in [5.74, 6) is 3.15. The molecule has 2 aliphatic heterocycles. The zero-order valence-electron chi connectivity index (χ0n) is 21.5. The van der Waals surface area contributed by atoms with Gasteiger partial charge in [0.05, 0.1) is 19.4 Å². The maximum absolute atomic E-state index is 5.68. The van der Waals surface area contributed by atoms with Crippen molar-refractivity contribution in [3.63, 3.8) is 0 Å². The lowest BCUT2D eigenvalue weighted by Crippen LogP contribution is -2.35. The van der Waals surface area contributed by atoms with E-state index in [-0.39, 0.29) is 0 Å². The third-order valence-electron chi connectivity index (χ3n) is 7.31. The summed E-state index contributed by atoms with van der Waals surface area (Å²) in [6, 6.07) is 12.6. The van der Waals surface area contributed by atoms with Crippen LogP contribution in [0.5, 0.6) is 5.75 Å². The third kappa shape index (κ3) is 5.85. The number of hydrogen-bond acceptors (Lipinski definition) is 7. The average Bonchev–Trinajstić information content (AvgIpc) is 2.94. The molecule has 5 rings (SSSR count). The van der Waals surface area contributed by atoms with Crippen LogP contribution in [0.3, 0.4) is 0 Å². The van der Waals surface area contributed by atoms with Crippen LogP contribution in [-0.2, 0) is 17.9 Å². The number of likely N-dealkylation sites (tertiary alicyclic amines) is 1. The predicted octanol–water partition coefficient (Wildman–Crippen LogP) is 5.06. The van der Waals surface area contributed by atoms with Crippen molar-refractivity contribution in [3.05, 3.63) is 65.6 Å². The molecule has 2 aromatic heterocycles. The molecular weight excluding hydrogens is 450 g/mol. The fourth-order valence-corrected chi connectivity index (χ4v) is 5.46. The van der Waals surface area contributed by atoms with Crippen LogP contribution >= 0.6 is 0 Å². The second kappa shape index (κ2) is 11.8. The maximum Gasteiger partial charge on any atom is 0.163 e. The van der Waals surface area contributed by atoms with E-state index in [1.54, 1.807) is 20.4 Å². The topological polar surface area (TPSA) is 63.6 Å². The number of piperidine rings is 2. The van der Waals surface area contributed by atoms with Crippen LogP contribution in [-0.4, -0.2) is 60.3 Å². The molecule has 1 aromatic carbocycles. The number of aromatic nitrogens is 3. The van der Waals surface area contributed by atoms with Gasteiger partial charge in [0, 0.05) is 68.8 Å². The van der Waals surface area contributed by atoms with Crippen molar-refractivity contribution in [3.8, 4) is 17.1 Å². The standard InChI is InChI=1S/C29H37N5O2/c1-35-21-22-10-11-27(36-2)25(16-22)20-33-13-7-9-24(19-33)26-17-28(34-14-4-3-5-15-34)32-29(31-26)23-8-6-12-30-18-23/h6,8,10-12,16-18,24H,3-5,7,9,13-15,19-21H2,1-2H3/t24-/m0/s1. The number of rotatable bonds is 8. The number of nitrogens with zero attached hydrogens (tertiary/aromatic N) is 5. The molecule has 3 aromatic rings. The minimum absolute atomic E-state index is 0.369. The molecule has 2 saturated heterocycles. The number of hydrogen-bond donors (Lipinski definition) is 0. The Morgan fingerprint density at radius 3 is 2.64 bits per heavy atom. The van der Waals surface area contributed by atoms with Crippen LogP contribution in [0.15, 0.2) is 48.8 Å². The van der Waals surface area contributed by atoms with Gasteiger partial charge in [-0.1, -0.05) is 6.07 Å². The first-order valence-corrected chi connectivity index (χ1v) is 13.1. The van der Waals surface area contributed by atoms with Crippen LogP contribution < -0.4 is 9.64 Å². The summed E-state index contributed by atoms with van der Waals surface area (Å²) in [6.07, 6.45) is 9.71. The molecule has 0 unspecified atom stereocenters. The number of benzene rings is 1. The van der Waals surface area contributed by atoms with Crippen LogP contribution in [0.4, 0.5) is 5.82 Å². The van der Waals surface area contributed by atoms with E-state index in [4.69, 9.17) is 19.4 Å². The van der Waals surface area contributed by atoms with Gasteiger partial charge in [-0.2, -0.15) is 0 Å². The summed E-state index contributed by atoms with van der Waals surface area (Å²) in [4.78, 5) is 19.4. The van der Waals surface area contributed by atoms with Crippen molar-refractivity contribution in [2.75, 3.05) is 45.3 Å². The molecule has 2 aliphatic rings. The van der Waals surface area contributed by atoms with Crippen molar-refractivity contribution >= 4 is 5.82 Å². The molecule has 7 heteroatoms. The zero-order valence-corrected chi connectivity index (χ0v) is 21.5. The Balaban J connectivity index is 1.40. The Morgan fingerprint density at radius 1 is 0.972 bits per heavy atom. The Labute approximate surface area is 214 Å². The second-order valence-electron chi connectivity index (χ2n) is 9.92. The largest absolute Gasteiger partial charge is 0.496 e. The monoisotopic (exact) mass is 487 g/mol. The van der Waals surface area contributed by atoms with E-state index in [2.05, 4.69) is 45.1 Å². The molecule has 0 saturated carbocycles. The highest BCUT2D eigenvalue weighted by molar-refractivity contribution is 5.57. The fraction of sp³-hybridized carbons (Fsp3) is 0.483. The van der Waals surface area contributed by atoms with Crippen LogP contribution in [0.1, 0.15) is 54.8 Å². The van der Waals surface area contributed by atoms with Gasteiger partial charge in [-0.3, -0.25) is 9.88 Å². The minimum Gasteiger partial charge on any atom is -0.496 e. The fourth-order valence-electron chi connectivity index (χ4n) is 5.46. The highest BCUT2D eigenvalue weighted by Gasteiger charge is 2.26. The summed E-state index contributed by atoms with van der Waals surface area (Å²) >= 11 is 0. The highest BCUT2D eigenvalue weighted by Crippen LogP contribution is 2.32. The van der Waals surface area contributed by atoms with E-state index in [1.165, 1.54) is 30.4 Å². The lowest BCUT2D eigenvalue weighted by Gasteiger charge is -2.34. The van der Waals surface area contributed by atoms with Gasteiger partial charge in [-0.25, -0.2) is 9.97 Å². The highest BCUT2D eigenvalue weighted by atomic mass is 16.5. The van der Waals surface area contributed by atoms with E-state index in [1.807, 2.05) is 12.3 Å². The normalized spacial score (nSPS) is 18.8. The lowest BCUT2D eigenvalue weighted by molar-refractivity contribution is 0.183. The SMILES string of the molecule is COCc1ccc(OC)c(CN2CCC[C@H](c3cc(N4CCCCC4)nc(-c4cccnc4)n3)C2)c1. The smallest absolute Gasteiger partial charge is 0.163 e. The molecule has 7 nitrogen and oxygen atoms in total.